The van der Waals surface area contributed by atoms with Gasteiger partial charge in [-0.25, -0.2) is 9.18 Å². The molecule has 9 heteroatoms. The van der Waals surface area contributed by atoms with Gasteiger partial charge in [-0.15, -0.1) is 0 Å². The number of hydrogen-bond donors (Lipinski definition) is 2. The minimum atomic E-state index is -0.966. The first-order valence-electron chi connectivity index (χ1n) is 9.92. The zero-order valence-corrected chi connectivity index (χ0v) is 17.0. The normalized spacial score (nSPS) is 25.6. The van der Waals surface area contributed by atoms with Crippen molar-refractivity contribution >= 4 is 35.1 Å². The number of carbonyl (C=O) groups is 3. The quantitative estimate of drug-likeness (QED) is 0.712. The van der Waals surface area contributed by atoms with Crippen LogP contribution in [0, 0.1) is 17.7 Å². The van der Waals surface area contributed by atoms with Crippen LogP contribution in [0.3, 0.4) is 0 Å². The van der Waals surface area contributed by atoms with Gasteiger partial charge in [-0.1, -0.05) is 18.5 Å². The molecule has 4 rings (SSSR count). The standard InChI is InChI=1S/C20H24ClFN4O3/c1-12(11-20(13-2-3-13)18(28)23-19(29)24-20)17(27)26-6-4-25(5-7-26)16-9-14(21)8-15(22)10-16/h8-10,12-13H,2-7,11H2,1H3,(H2,23,24,28,29). The number of amides is 4. The number of hydrogen-bond acceptors (Lipinski definition) is 4. The van der Waals surface area contributed by atoms with Gasteiger partial charge in [0.25, 0.3) is 5.91 Å². The van der Waals surface area contributed by atoms with Crippen LogP contribution in [0.2, 0.25) is 5.02 Å². The molecule has 2 atom stereocenters. The summed E-state index contributed by atoms with van der Waals surface area (Å²) in [7, 11) is 0. The van der Waals surface area contributed by atoms with Gasteiger partial charge in [0.1, 0.15) is 11.4 Å². The minimum Gasteiger partial charge on any atom is -0.368 e. The van der Waals surface area contributed by atoms with E-state index in [4.69, 9.17) is 11.6 Å². The Labute approximate surface area is 173 Å². The second-order valence-corrected chi connectivity index (χ2v) is 8.64. The summed E-state index contributed by atoms with van der Waals surface area (Å²) in [6.07, 6.45) is 2.06. The molecule has 2 aliphatic heterocycles. The van der Waals surface area contributed by atoms with E-state index in [9.17, 15) is 18.8 Å². The first-order chi connectivity index (χ1) is 13.8. The fourth-order valence-electron chi connectivity index (χ4n) is 4.47. The third kappa shape index (κ3) is 3.90. The number of halogens is 2. The SMILES string of the molecule is CC(CC1(C2CC2)NC(=O)NC1=O)C(=O)N1CCN(c2cc(F)cc(Cl)c2)CC1. The summed E-state index contributed by atoms with van der Waals surface area (Å²) in [6.45, 7) is 3.97. The monoisotopic (exact) mass is 422 g/mol. The lowest BCUT2D eigenvalue weighted by molar-refractivity contribution is -0.137. The van der Waals surface area contributed by atoms with Crippen molar-refractivity contribution in [3.63, 3.8) is 0 Å². The lowest BCUT2D eigenvalue weighted by atomic mass is 9.83. The molecule has 3 fully saturated rings. The molecule has 0 radical (unpaired) electrons. The molecule has 2 N–H and O–H groups in total. The van der Waals surface area contributed by atoms with E-state index in [1.807, 2.05) is 11.8 Å². The van der Waals surface area contributed by atoms with Crippen LogP contribution in [0.15, 0.2) is 18.2 Å². The van der Waals surface area contributed by atoms with Crippen molar-refractivity contribution in [2.45, 2.75) is 31.7 Å². The third-order valence-electron chi connectivity index (χ3n) is 6.10. The molecular weight excluding hydrogens is 399 g/mol. The van der Waals surface area contributed by atoms with Gasteiger partial charge >= 0.3 is 6.03 Å². The van der Waals surface area contributed by atoms with E-state index in [0.717, 1.165) is 12.8 Å². The Hall–Kier alpha value is -2.35. The van der Waals surface area contributed by atoms with Crippen molar-refractivity contribution in [3.8, 4) is 0 Å². The number of nitrogens with one attached hydrogen (secondary N) is 2. The second kappa shape index (κ2) is 7.48. The van der Waals surface area contributed by atoms with Gasteiger partial charge in [-0.05, 0) is 43.4 Å². The second-order valence-electron chi connectivity index (χ2n) is 8.20. The van der Waals surface area contributed by atoms with Gasteiger partial charge in [0.2, 0.25) is 5.91 Å². The molecule has 0 bridgehead atoms. The Kier molecular flexibility index (Phi) is 5.14. The lowest BCUT2D eigenvalue weighted by Gasteiger charge is -2.38. The van der Waals surface area contributed by atoms with Crippen LogP contribution < -0.4 is 15.5 Å². The maximum atomic E-state index is 13.6. The third-order valence-corrected chi connectivity index (χ3v) is 6.31. The van der Waals surface area contributed by atoms with Gasteiger partial charge in [0, 0.05) is 42.8 Å². The summed E-state index contributed by atoms with van der Waals surface area (Å²) in [6, 6.07) is 3.93. The molecule has 0 spiro atoms. The van der Waals surface area contributed by atoms with Crippen molar-refractivity contribution in [1.82, 2.24) is 15.5 Å². The van der Waals surface area contributed by atoms with E-state index in [1.165, 1.54) is 12.1 Å². The summed E-state index contributed by atoms with van der Waals surface area (Å²) in [5, 5.41) is 5.45. The van der Waals surface area contributed by atoms with E-state index in [1.54, 1.807) is 11.0 Å². The van der Waals surface area contributed by atoms with Gasteiger partial charge in [-0.3, -0.25) is 14.9 Å². The maximum absolute atomic E-state index is 13.6. The molecule has 2 saturated heterocycles. The van der Waals surface area contributed by atoms with Crippen LogP contribution in [0.25, 0.3) is 0 Å². The molecule has 1 aromatic carbocycles. The number of benzene rings is 1. The number of carbonyl (C=O) groups excluding carboxylic acids is 3. The molecule has 29 heavy (non-hydrogen) atoms. The highest BCUT2D eigenvalue weighted by Gasteiger charge is 2.56. The molecule has 1 aliphatic carbocycles. The zero-order chi connectivity index (χ0) is 20.8. The van der Waals surface area contributed by atoms with E-state index in [2.05, 4.69) is 10.6 Å². The van der Waals surface area contributed by atoms with Crippen LogP contribution in [0.4, 0.5) is 14.9 Å². The molecule has 0 aromatic heterocycles. The van der Waals surface area contributed by atoms with E-state index < -0.39 is 17.5 Å². The molecule has 1 saturated carbocycles. The average molecular weight is 423 g/mol. The molecule has 1 aromatic rings. The van der Waals surface area contributed by atoms with Crippen LogP contribution >= 0.6 is 11.6 Å². The van der Waals surface area contributed by atoms with Crippen LogP contribution in [-0.4, -0.2) is 54.5 Å². The van der Waals surface area contributed by atoms with Gasteiger partial charge in [0.05, 0.1) is 0 Å². The largest absolute Gasteiger partial charge is 0.368 e. The zero-order valence-electron chi connectivity index (χ0n) is 16.2. The Balaban J connectivity index is 1.38. The predicted octanol–water partition coefficient (Wildman–Crippen LogP) is 2.14. The lowest BCUT2D eigenvalue weighted by Crippen LogP contribution is -2.54. The molecule has 3 aliphatic rings. The molecule has 4 amide bonds. The van der Waals surface area contributed by atoms with Gasteiger partial charge < -0.3 is 15.1 Å². The Morgan fingerprint density at radius 2 is 1.93 bits per heavy atom. The number of anilines is 1. The first-order valence-corrected chi connectivity index (χ1v) is 10.3. The smallest absolute Gasteiger partial charge is 0.322 e. The topological polar surface area (TPSA) is 81.8 Å². The fraction of sp³-hybridized carbons (Fsp3) is 0.550. The van der Waals surface area contributed by atoms with E-state index >= 15 is 0 Å². The maximum Gasteiger partial charge on any atom is 0.322 e. The number of piperazine rings is 1. The molecule has 7 nitrogen and oxygen atoms in total. The van der Waals surface area contributed by atoms with E-state index in [0.29, 0.717) is 43.3 Å². The van der Waals surface area contributed by atoms with Crippen LogP contribution in [-0.2, 0) is 9.59 Å². The Morgan fingerprint density at radius 3 is 2.48 bits per heavy atom. The van der Waals surface area contributed by atoms with Crippen LogP contribution in [0.1, 0.15) is 26.2 Å². The summed E-state index contributed by atoms with van der Waals surface area (Å²) in [4.78, 5) is 40.9. The van der Waals surface area contributed by atoms with Crippen molar-refractivity contribution in [2.75, 3.05) is 31.1 Å². The van der Waals surface area contributed by atoms with Crippen molar-refractivity contribution in [2.24, 2.45) is 11.8 Å². The number of nitrogens with zero attached hydrogens (tertiary/aromatic N) is 2. The highest BCUT2D eigenvalue weighted by atomic mass is 35.5. The molecular formula is C20H24ClFN4O3. The first kappa shape index (κ1) is 19.9. The van der Waals surface area contributed by atoms with Crippen molar-refractivity contribution in [1.29, 1.82) is 0 Å². The number of imide groups is 1. The number of urea groups is 1. The molecule has 2 heterocycles. The van der Waals surface area contributed by atoms with Gasteiger partial charge in [0.15, 0.2) is 0 Å². The van der Waals surface area contributed by atoms with Crippen LogP contribution in [0.5, 0.6) is 0 Å². The Morgan fingerprint density at radius 1 is 1.24 bits per heavy atom. The van der Waals surface area contributed by atoms with E-state index in [-0.39, 0.29) is 23.5 Å². The molecule has 156 valence electrons. The fourth-order valence-corrected chi connectivity index (χ4v) is 4.68. The highest BCUT2D eigenvalue weighted by Crippen LogP contribution is 2.44. The summed E-state index contributed by atoms with van der Waals surface area (Å²) >= 11 is 5.94. The highest BCUT2D eigenvalue weighted by molar-refractivity contribution is 6.30. The minimum absolute atomic E-state index is 0.0316. The van der Waals surface area contributed by atoms with Gasteiger partial charge in [-0.2, -0.15) is 0 Å². The Bertz CT molecular complexity index is 834. The number of rotatable bonds is 5. The summed E-state index contributed by atoms with van der Waals surface area (Å²) < 4.78 is 13.6. The summed E-state index contributed by atoms with van der Waals surface area (Å²) in [5.41, 5.74) is -0.264. The summed E-state index contributed by atoms with van der Waals surface area (Å²) in [5.74, 6) is -1.04. The average Bonchev–Trinajstić information content (AvgIpc) is 3.47. The van der Waals surface area contributed by atoms with Crippen molar-refractivity contribution < 1.29 is 18.8 Å². The van der Waals surface area contributed by atoms with Crippen molar-refractivity contribution in [3.05, 3.63) is 29.0 Å². The molecule has 2 unspecified atom stereocenters. The predicted molar refractivity (Wildman–Crippen MR) is 106 cm³/mol.